The Morgan fingerprint density at radius 3 is 3.00 bits per heavy atom. The van der Waals surface area contributed by atoms with E-state index in [0.717, 1.165) is 19.5 Å². The van der Waals surface area contributed by atoms with E-state index in [1.807, 2.05) is 17.9 Å². The van der Waals surface area contributed by atoms with Gasteiger partial charge >= 0.3 is 0 Å². The van der Waals surface area contributed by atoms with Gasteiger partial charge in [-0.1, -0.05) is 0 Å². The Morgan fingerprint density at radius 1 is 1.62 bits per heavy atom. The van der Waals surface area contributed by atoms with Crippen LogP contribution in [-0.2, 0) is 13.5 Å². The van der Waals surface area contributed by atoms with Crippen molar-refractivity contribution < 1.29 is 0 Å². The number of nitrogens with two attached hydrogens (primary N) is 1. The molecule has 90 valence electrons. The summed E-state index contributed by atoms with van der Waals surface area (Å²) in [5.41, 5.74) is 7.24. The molecule has 0 bridgehead atoms. The lowest BCUT2D eigenvalue weighted by Crippen LogP contribution is -2.30. The highest BCUT2D eigenvalue weighted by atomic mass is 15.3. The van der Waals surface area contributed by atoms with E-state index >= 15 is 0 Å². The molecule has 1 aliphatic heterocycles. The molecule has 2 N–H and O–H groups in total. The Morgan fingerprint density at radius 2 is 2.44 bits per heavy atom. The van der Waals surface area contributed by atoms with Gasteiger partial charge in [0.1, 0.15) is 0 Å². The topological polar surface area (TPSA) is 47.1 Å². The zero-order chi connectivity index (χ0) is 11.5. The predicted octanol–water partition coefficient (Wildman–Crippen LogP) is 0.632. The molecule has 0 saturated carbocycles. The van der Waals surface area contributed by atoms with Gasteiger partial charge in [0.15, 0.2) is 0 Å². The summed E-state index contributed by atoms with van der Waals surface area (Å²) in [7, 11) is 2.00. The van der Waals surface area contributed by atoms with Crippen LogP contribution >= 0.6 is 0 Å². The third kappa shape index (κ3) is 2.62. The Balaban J connectivity index is 1.78. The number of likely N-dealkylation sites (tertiary alicyclic amines) is 1. The summed E-state index contributed by atoms with van der Waals surface area (Å²) >= 11 is 0. The molecule has 2 unspecified atom stereocenters. The van der Waals surface area contributed by atoms with Gasteiger partial charge in [-0.2, -0.15) is 5.10 Å². The standard InChI is InChI=1S/C12H22N4/c1-10(13)11-4-7-16(9-11)8-5-12-3-6-14-15(12)2/h3,6,10-11H,4-5,7-9,13H2,1-2H3. The summed E-state index contributed by atoms with van der Waals surface area (Å²) in [6.45, 7) is 5.61. The molecule has 0 aliphatic carbocycles. The molecule has 1 fully saturated rings. The lowest BCUT2D eigenvalue weighted by molar-refractivity contribution is 0.317. The van der Waals surface area contributed by atoms with Crippen molar-refractivity contribution in [3.8, 4) is 0 Å². The molecule has 0 aromatic carbocycles. The molecule has 2 atom stereocenters. The van der Waals surface area contributed by atoms with Gasteiger partial charge in [-0.25, -0.2) is 0 Å². The summed E-state index contributed by atoms with van der Waals surface area (Å²) in [4.78, 5) is 2.51. The van der Waals surface area contributed by atoms with Gasteiger partial charge in [0, 0.05) is 44.5 Å². The monoisotopic (exact) mass is 222 g/mol. The Kier molecular flexibility index (Phi) is 3.61. The predicted molar refractivity (Wildman–Crippen MR) is 65.1 cm³/mol. The first kappa shape index (κ1) is 11.6. The maximum Gasteiger partial charge on any atom is 0.0492 e. The van der Waals surface area contributed by atoms with Crippen LogP contribution < -0.4 is 5.73 Å². The fourth-order valence-electron chi connectivity index (χ4n) is 2.41. The largest absolute Gasteiger partial charge is 0.328 e. The van der Waals surface area contributed by atoms with E-state index in [0.29, 0.717) is 12.0 Å². The molecule has 16 heavy (non-hydrogen) atoms. The van der Waals surface area contributed by atoms with Crippen molar-refractivity contribution in [2.24, 2.45) is 18.7 Å². The molecule has 1 saturated heterocycles. The van der Waals surface area contributed by atoms with Crippen LogP contribution in [0.3, 0.4) is 0 Å². The minimum Gasteiger partial charge on any atom is -0.328 e. The van der Waals surface area contributed by atoms with Crippen LogP contribution in [0.4, 0.5) is 0 Å². The highest BCUT2D eigenvalue weighted by Crippen LogP contribution is 2.18. The Bertz CT molecular complexity index is 332. The first-order valence-corrected chi connectivity index (χ1v) is 6.11. The van der Waals surface area contributed by atoms with Gasteiger partial charge in [0.05, 0.1) is 0 Å². The second-order valence-corrected chi connectivity index (χ2v) is 4.90. The maximum atomic E-state index is 5.93. The smallest absolute Gasteiger partial charge is 0.0492 e. The number of aryl methyl sites for hydroxylation is 1. The lowest BCUT2D eigenvalue weighted by Gasteiger charge is -2.17. The normalized spacial score (nSPS) is 23.8. The molecule has 4 heteroatoms. The van der Waals surface area contributed by atoms with E-state index in [9.17, 15) is 0 Å². The molecule has 1 aliphatic rings. The van der Waals surface area contributed by atoms with E-state index in [1.54, 1.807) is 0 Å². The summed E-state index contributed by atoms with van der Waals surface area (Å²) < 4.78 is 1.96. The van der Waals surface area contributed by atoms with Crippen LogP contribution in [0.25, 0.3) is 0 Å². The summed E-state index contributed by atoms with van der Waals surface area (Å²) in [6, 6.07) is 2.43. The van der Waals surface area contributed by atoms with Crippen molar-refractivity contribution in [2.75, 3.05) is 19.6 Å². The van der Waals surface area contributed by atoms with Crippen molar-refractivity contribution in [1.82, 2.24) is 14.7 Å². The molecular formula is C12H22N4. The maximum absolute atomic E-state index is 5.93. The highest BCUT2D eigenvalue weighted by molar-refractivity contribution is 5.00. The van der Waals surface area contributed by atoms with Gasteiger partial charge in [-0.3, -0.25) is 4.68 Å². The average Bonchev–Trinajstić information content (AvgIpc) is 2.83. The fourth-order valence-corrected chi connectivity index (χ4v) is 2.41. The SMILES string of the molecule is CC(N)C1CCN(CCc2ccnn2C)C1. The second-order valence-electron chi connectivity index (χ2n) is 4.90. The van der Waals surface area contributed by atoms with Gasteiger partial charge < -0.3 is 10.6 Å². The van der Waals surface area contributed by atoms with Gasteiger partial charge in [-0.15, -0.1) is 0 Å². The first-order valence-electron chi connectivity index (χ1n) is 6.11. The van der Waals surface area contributed by atoms with Crippen LogP contribution in [0, 0.1) is 5.92 Å². The van der Waals surface area contributed by atoms with Gasteiger partial charge in [-0.05, 0) is 31.9 Å². The Hall–Kier alpha value is -0.870. The quantitative estimate of drug-likeness (QED) is 0.813. The van der Waals surface area contributed by atoms with Crippen molar-refractivity contribution >= 4 is 0 Å². The fraction of sp³-hybridized carbons (Fsp3) is 0.750. The molecule has 0 spiro atoms. The first-order chi connectivity index (χ1) is 7.66. The van der Waals surface area contributed by atoms with E-state index in [1.165, 1.54) is 18.7 Å². The van der Waals surface area contributed by atoms with Gasteiger partial charge in [0.25, 0.3) is 0 Å². The number of rotatable bonds is 4. The molecule has 0 amide bonds. The van der Waals surface area contributed by atoms with Crippen LogP contribution in [0.5, 0.6) is 0 Å². The number of nitrogens with zero attached hydrogens (tertiary/aromatic N) is 3. The van der Waals surface area contributed by atoms with Crippen LogP contribution in [0.15, 0.2) is 12.3 Å². The lowest BCUT2D eigenvalue weighted by atomic mass is 10.0. The van der Waals surface area contributed by atoms with Crippen LogP contribution in [0.2, 0.25) is 0 Å². The van der Waals surface area contributed by atoms with Crippen LogP contribution in [0.1, 0.15) is 19.0 Å². The summed E-state index contributed by atoms with van der Waals surface area (Å²) in [5.74, 6) is 0.687. The zero-order valence-corrected chi connectivity index (χ0v) is 10.3. The number of hydrogen-bond donors (Lipinski definition) is 1. The van der Waals surface area contributed by atoms with E-state index < -0.39 is 0 Å². The van der Waals surface area contributed by atoms with Crippen LogP contribution in [-0.4, -0.2) is 40.4 Å². The molecule has 1 aromatic heterocycles. The minimum atomic E-state index is 0.335. The van der Waals surface area contributed by atoms with E-state index in [4.69, 9.17) is 5.73 Å². The third-order valence-corrected chi connectivity index (χ3v) is 3.66. The van der Waals surface area contributed by atoms with Crippen molar-refractivity contribution in [3.63, 3.8) is 0 Å². The molecule has 1 aromatic rings. The molecule has 2 rings (SSSR count). The van der Waals surface area contributed by atoms with E-state index in [2.05, 4.69) is 23.0 Å². The van der Waals surface area contributed by atoms with Gasteiger partial charge in [0.2, 0.25) is 0 Å². The minimum absolute atomic E-state index is 0.335. The second kappa shape index (κ2) is 4.97. The average molecular weight is 222 g/mol. The van der Waals surface area contributed by atoms with E-state index in [-0.39, 0.29) is 0 Å². The summed E-state index contributed by atoms with van der Waals surface area (Å²) in [6.07, 6.45) is 4.20. The number of aromatic nitrogens is 2. The molecule has 4 nitrogen and oxygen atoms in total. The van der Waals surface area contributed by atoms with Crippen molar-refractivity contribution in [1.29, 1.82) is 0 Å². The summed E-state index contributed by atoms with van der Waals surface area (Å²) in [5, 5.41) is 4.18. The molecule has 0 radical (unpaired) electrons. The third-order valence-electron chi connectivity index (χ3n) is 3.66. The molecule has 2 heterocycles. The zero-order valence-electron chi connectivity index (χ0n) is 10.3. The van der Waals surface area contributed by atoms with Crippen molar-refractivity contribution in [2.45, 2.75) is 25.8 Å². The number of hydrogen-bond acceptors (Lipinski definition) is 3. The molecular weight excluding hydrogens is 200 g/mol. The Labute approximate surface area is 97.4 Å². The highest BCUT2D eigenvalue weighted by Gasteiger charge is 2.24. The van der Waals surface area contributed by atoms with Crippen molar-refractivity contribution in [3.05, 3.63) is 18.0 Å².